The molecule has 138 valence electrons. The van der Waals surface area contributed by atoms with Gasteiger partial charge in [0.2, 0.25) is 6.79 Å². The van der Waals surface area contributed by atoms with Crippen molar-refractivity contribution < 1.29 is 14.2 Å². The van der Waals surface area contributed by atoms with E-state index in [4.69, 9.17) is 26.4 Å². The molecule has 0 atom stereocenters. The van der Waals surface area contributed by atoms with Crippen molar-refractivity contribution in [2.45, 2.75) is 13.8 Å². The third-order valence-corrected chi connectivity index (χ3v) is 4.28. The smallest absolute Gasteiger partial charge is 0.231 e. The van der Waals surface area contributed by atoms with Crippen molar-refractivity contribution in [2.75, 3.05) is 27.1 Å². The molecule has 1 aromatic carbocycles. The van der Waals surface area contributed by atoms with Gasteiger partial charge in [0.05, 0.1) is 12.8 Å². The fraction of sp³-hybridized carbons (Fsp3) is 0.333. The lowest BCUT2D eigenvalue weighted by Crippen LogP contribution is -2.34. The average Bonchev–Trinajstić information content (AvgIpc) is 3.19. The Morgan fingerprint density at radius 1 is 1.31 bits per heavy atom. The summed E-state index contributed by atoms with van der Waals surface area (Å²) >= 11 is 5.15. The summed E-state index contributed by atoms with van der Waals surface area (Å²) in [7, 11) is 1.65. The number of ether oxygens (including phenoxy) is 3. The van der Waals surface area contributed by atoms with Gasteiger partial charge in [0.25, 0.3) is 0 Å². The fourth-order valence-electron chi connectivity index (χ4n) is 2.81. The van der Waals surface area contributed by atoms with Gasteiger partial charge in [-0.05, 0) is 44.3 Å². The van der Waals surface area contributed by atoms with E-state index in [-0.39, 0.29) is 6.79 Å². The summed E-state index contributed by atoms with van der Waals surface area (Å²) in [6.45, 7) is 5.59. The van der Waals surface area contributed by atoms with Crippen LogP contribution in [0, 0.1) is 13.8 Å². The molecule has 2 aromatic rings. The first kappa shape index (κ1) is 18.2. The number of fused-ring (bicyclic) bond motifs is 1. The Hall–Kier alpha value is -2.58. The quantitative estimate of drug-likeness (QED) is 0.350. The number of aromatic nitrogens is 1. The predicted molar refractivity (Wildman–Crippen MR) is 105 cm³/mol. The molecular weight excluding hydrogens is 352 g/mol. The second kappa shape index (κ2) is 8.20. The number of thiocarbonyl (C=S) groups is 1. The van der Waals surface area contributed by atoms with E-state index in [1.165, 1.54) is 0 Å². The molecule has 0 spiro atoms. The molecule has 0 bridgehead atoms. The molecular formula is C18H22N4O3S. The van der Waals surface area contributed by atoms with Gasteiger partial charge in [-0.3, -0.25) is 5.43 Å². The molecule has 0 unspecified atom stereocenters. The SMILES string of the molecule is COCCNC(=S)N/N=C\c1cc(C)n(-c2ccc3c(c2)OCO3)c1C. The summed E-state index contributed by atoms with van der Waals surface area (Å²) in [6.07, 6.45) is 1.76. The zero-order valence-corrected chi connectivity index (χ0v) is 15.9. The van der Waals surface area contributed by atoms with Crippen LogP contribution in [0.4, 0.5) is 0 Å². The van der Waals surface area contributed by atoms with Crippen LogP contribution in [0.1, 0.15) is 17.0 Å². The zero-order valence-electron chi connectivity index (χ0n) is 15.0. The van der Waals surface area contributed by atoms with Gasteiger partial charge >= 0.3 is 0 Å². The van der Waals surface area contributed by atoms with Crippen LogP contribution < -0.4 is 20.2 Å². The first-order chi connectivity index (χ1) is 12.6. The third kappa shape index (κ3) is 3.97. The Morgan fingerprint density at radius 3 is 2.92 bits per heavy atom. The maximum atomic E-state index is 5.48. The van der Waals surface area contributed by atoms with Crippen molar-refractivity contribution in [1.29, 1.82) is 0 Å². The average molecular weight is 374 g/mol. The van der Waals surface area contributed by atoms with Crippen molar-refractivity contribution in [3.63, 3.8) is 0 Å². The Kier molecular flexibility index (Phi) is 5.75. The van der Waals surface area contributed by atoms with Crippen LogP contribution in [0.15, 0.2) is 29.4 Å². The highest BCUT2D eigenvalue weighted by Gasteiger charge is 2.16. The summed E-state index contributed by atoms with van der Waals surface area (Å²) in [5.74, 6) is 1.54. The second-order valence-electron chi connectivity index (χ2n) is 5.82. The van der Waals surface area contributed by atoms with Crippen molar-refractivity contribution in [3.05, 3.63) is 41.2 Å². The summed E-state index contributed by atoms with van der Waals surface area (Å²) in [5.41, 5.74) is 7.01. The number of hydrogen-bond donors (Lipinski definition) is 2. The van der Waals surface area contributed by atoms with Crippen molar-refractivity contribution in [1.82, 2.24) is 15.3 Å². The highest BCUT2D eigenvalue weighted by Crippen LogP contribution is 2.34. The van der Waals surface area contributed by atoms with Crippen LogP contribution >= 0.6 is 12.2 Å². The summed E-state index contributed by atoms with van der Waals surface area (Å²) in [4.78, 5) is 0. The van der Waals surface area contributed by atoms with Crippen LogP contribution in [-0.4, -0.2) is 42.9 Å². The molecule has 1 aromatic heterocycles. The zero-order chi connectivity index (χ0) is 18.5. The van der Waals surface area contributed by atoms with Crippen LogP contribution in [0.25, 0.3) is 5.69 Å². The molecule has 2 N–H and O–H groups in total. The van der Waals surface area contributed by atoms with Gasteiger partial charge in [-0.25, -0.2) is 0 Å². The van der Waals surface area contributed by atoms with Gasteiger partial charge in [-0.15, -0.1) is 0 Å². The van der Waals surface area contributed by atoms with Gasteiger partial charge in [0, 0.05) is 42.4 Å². The molecule has 0 fully saturated rings. The van der Waals surface area contributed by atoms with Gasteiger partial charge in [0.1, 0.15) is 0 Å². The van der Waals surface area contributed by atoms with E-state index >= 15 is 0 Å². The van der Waals surface area contributed by atoms with Crippen LogP contribution in [0.5, 0.6) is 11.5 Å². The summed E-state index contributed by atoms with van der Waals surface area (Å²) < 4.78 is 18.0. The molecule has 0 saturated heterocycles. The third-order valence-electron chi connectivity index (χ3n) is 4.05. The number of methoxy groups -OCH3 is 1. The fourth-order valence-corrected chi connectivity index (χ4v) is 2.96. The minimum Gasteiger partial charge on any atom is -0.454 e. The van der Waals surface area contributed by atoms with Crippen molar-refractivity contribution in [2.24, 2.45) is 5.10 Å². The molecule has 1 aliphatic rings. The first-order valence-electron chi connectivity index (χ1n) is 8.25. The van der Waals surface area contributed by atoms with Crippen LogP contribution in [0.2, 0.25) is 0 Å². The summed E-state index contributed by atoms with van der Waals surface area (Å²) in [6, 6.07) is 8.00. The number of aryl methyl sites for hydroxylation is 1. The van der Waals surface area contributed by atoms with E-state index in [9.17, 15) is 0 Å². The normalized spacial score (nSPS) is 12.6. The van der Waals surface area contributed by atoms with Crippen LogP contribution in [0.3, 0.4) is 0 Å². The monoisotopic (exact) mass is 374 g/mol. The lowest BCUT2D eigenvalue weighted by atomic mass is 10.2. The highest BCUT2D eigenvalue weighted by atomic mass is 32.1. The van der Waals surface area contributed by atoms with Gasteiger partial charge in [-0.2, -0.15) is 5.10 Å². The first-order valence-corrected chi connectivity index (χ1v) is 8.66. The molecule has 26 heavy (non-hydrogen) atoms. The van der Waals surface area contributed by atoms with Crippen molar-refractivity contribution >= 4 is 23.5 Å². The highest BCUT2D eigenvalue weighted by molar-refractivity contribution is 7.80. The number of rotatable bonds is 6. The maximum absolute atomic E-state index is 5.48. The molecule has 8 heteroatoms. The molecule has 0 amide bonds. The second-order valence-corrected chi connectivity index (χ2v) is 6.23. The van der Waals surface area contributed by atoms with E-state index in [0.717, 1.165) is 34.1 Å². The van der Waals surface area contributed by atoms with E-state index in [1.54, 1.807) is 13.3 Å². The molecule has 0 aliphatic carbocycles. The van der Waals surface area contributed by atoms with Gasteiger partial charge in [-0.1, -0.05) is 0 Å². The standard InChI is InChI=1S/C18H22N4O3S/c1-12-8-14(10-20-21-18(26)19-6-7-23-3)13(2)22(12)15-4-5-16-17(9-15)25-11-24-16/h4-5,8-10H,6-7,11H2,1-3H3,(H2,19,21,26)/b20-10-. The lowest BCUT2D eigenvalue weighted by molar-refractivity contribution is 0.174. The number of nitrogens with one attached hydrogen (secondary N) is 2. The minimum atomic E-state index is 0.268. The molecule has 7 nitrogen and oxygen atoms in total. The van der Waals surface area contributed by atoms with E-state index < -0.39 is 0 Å². The summed E-state index contributed by atoms with van der Waals surface area (Å²) in [5, 5.41) is 7.67. The Bertz CT molecular complexity index is 832. The van der Waals surface area contributed by atoms with Crippen molar-refractivity contribution in [3.8, 4) is 17.2 Å². The number of nitrogens with zero attached hydrogens (tertiary/aromatic N) is 2. The predicted octanol–water partition coefficient (Wildman–Crippen LogP) is 2.27. The number of hydrazone groups is 1. The molecule has 3 rings (SSSR count). The minimum absolute atomic E-state index is 0.268. The number of benzene rings is 1. The van der Waals surface area contributed by atoms with E-state index in [1.807, 2.05) is 25.1 Å². The Labute approximate surface area is 157 Å². The van der Waals surface area contributed by atoms with Gasteiger partial charge in [0.15, 0.2) is 16.6 Å². The Morgan fingerprint density at radius 2 is 2.12 bits per heavy atom. The number of hydrogen-bond acceptors (Lipinski definition) is 5. The van der Waals surface area contributed by atoms with E-state index in [0.29, 0.717) is 18.3 Å². The van der Waals surface area contributed by atoms with Crippen LogP contribution in [-0.2, 0) is 4.74 Å². The van der Waals surface area contributed by atoms with Gasteiger partial charge < -0.3 is 24.1 Å². The maximum Gasteiger partial charge on any atom is 0.231 e. The molecule has 1 aliphatic heterocycles. The van der Waals surface area contributed by atoms with E-state index in [2.05, 4.69) is 33.4 Å². The molecule has 2 heterocycles. The topological polar surface area (TPSA) is 69.0 Å². The molecule has 0 radical (unpaired) electrons. The molecule has 0 saturated carbocycles. The largest absolute Gasteiger partial charge is 0.454 e. The lowest BCUT2D eigenvalue weighted by Gasteiger charge is -2.10. The Balaban J connectivity index is 1.72.